The molecule has 0 N–H and O–H groups in total. The highest BCUT2D eigenvalue weighted by Crippen LogP contribution is 2.33. The van der Waals surface area contributed by atoms with Crippen molar-refractivity contribution in [1.29, 1.82) is 0 Å². The summed E-state index contributed by atoms with van der Waals surface area (Å²) in [5, 5.41) is 4.33. The van der Waals surface area contributed by atoms with E-state index in [2.05, 4.69) is 109 Å². The molecular weight excluding hydrogens is 434 g/mol. The molecule has 0 saturated carbocycles. The molecule has 0 aliphatic carbocycles. The lowest BCUT2D eigenvalue weighted by Gasteiger charge is -2.14. The van der Waals surface area contributed by atoms with Crippen LogP contribution in [-0.2, 0) is 0 Å². The Balaban J connectivity index is 1.73. The normalized spacial score (nSPS) is 12.0. The molecule has 34 heavy (non-hydrogen) atoms. The lowest BCUT2D eigenvalue weighted by Crippen LogP contribution is -2.15. The maximum absolute atomic E-state index is 5.33. The molecule has 0 radical (unpaired) electrons. The van der Waals surface area contributed by atoms with Crippen molar-refractivity contribution in [2.24, 2.45) is 4.99 Å². The van der Waals surface area contributed by atoms with Gasteiger partial charge in [-0.05, 0) is 48.7 Å². The summed E-state index contributed by atoms with van der Waals surface area (Å²) in [6.45, 7) is 4.35. The molecule has 164 valence electrons. The van der Waals surface area contributed by atoms with E-state index in [0.717, 1.165) is 43.7 Å². The number of nitrogens with zero attached hydrogens (tertiary/aromatic N) is 3. The van der Waals surface area contributed by atoms with Crippen LogP contribution >= 0.6 is 11.3 Å². The van der Waals surface area contributed by atoms with Crippen molar-refractivity contribution in [3.8, 4) is 16.9 Å². The fourth-order valence-corrected chi connectivity index (χ4v) is 5.35. The van der Waals surface area contributed by atoms with Crippen LogP contribution in [-0.4, -0.2) is 9.55 Å². The quantitative estimate of drug-likeness (QED) is 0.250. The Morgan fingerprint density at radius 2 is 1.35 bits per heavy atom. The lowest BCUT2D eigenvalue weighted by atomic mass is 10.1. The summed E-state index contributed by atoms with van der Waals surface area (Å²) in [6, 6.07) is 33.5. The number of aromatic nitrogens is 2. The van der Waals surface area contributed by atoms with Crippen LogP contribution in [0.4, 0.5) is 5.69 Å². The minimum atomic E-state index is 0.939. The van der Waals surface area contributed by atoms with Crippen molar-refractivity contribution in [3.05, 3.63) is 118 Å². The van der Waals surface area contributed by atoms with E-state index in [-0.39, 0.29) is 0 Å². The number of pyridine rings is 1. The van der Waals surface area contributed by atoms with Gasteiger partial charge < -0.3 is 0 Å². The van der Waals surface area contributed by atoms with E-state index in [4.69, 9.17) is 9.98 Å². The van der Waals surface area contributed by atoms with Crippen molar-refractivity contribution >= 4 is 38.8 Å². The van der Waals surface area contributed by atoms with Gasteiger partial charge in [0.05, 0.1) is 28.1 Å². The second-order valence-electron chi connectivity index (χ2n) is 8.43. The van der Waals surface area contributed by atoms with E-state index in [0.29, 0.717) is 0 Å². The summed E-state index contributed by atoms with van der Waals surface area (Å²) in [5.41, 5.74) is 8.86. The van der Waals surface area contributed by atoms with E-state index < -0.39 is 0 Å². The molecule has 3 nitrogen and oxygen atoms in total. The summed E-state index contributed by atoms with van der Waals surface area (Å²) in [5.74, 6) is 0. The van der Waals surface area contributed by atoms with E-state index in [1.807, 2.05) is 12.1 Å². The third-order valence-electron chi connectivity index (χ3n) is 6.36. The molecule has 0 spiro atoms. The zero-order chi connectivity index (χ0) is 23.1. The highest BCUT2D eigenvalue weighted by Gasteiger charge is 2.14. The molecule has 0 bridgehead atoms. The van der Waals surface area contributed by atoms with Crippen LogP contribution in [0.15, 0.2) is 107 Å². The zero-order valence-electron chi connectivity index (χ0n) is 19.1. The third-order valence-corrected chi connectivity index (χ3v) is 7.19. The minimum Gasteiger partial charge on any atom is -0.285 e. The number of thiazole rings is 1. The Bertz CT molecular complexity index is 1670. The van der Waals surface area contributed by atoms with Gasteiger partial charge in [0.25, 0.3) is 0 Å². The van der Waals surface area contributed by atoms with E-state index in [9.17, 15) is 0 Å². The van der Waals surface area contributed by atoms with Gasteiger partial charge in [0, 0.05) is 16.2 Å². The molecule has 6 aromatic rings. The van der Waals surface area contributed by atoms with Crippen molar-refractivity contribution in [1.82, 2.24) is 9.55 Å². The number of hydrogen-bond acceptors (Lipinski definition) is 3. The third kappa shape index (κ3) is 3.44. The maximum atomic E-state index is 5.33. The van der Waals surface area contributed by atoms with Crippen molar-refractivity contribution < 1.29 is 0 Å². The Hall–Kier alpha value is -4.02. The summed E-state index contributed by atoms with van der Waals surface area (Å²) < 4.78 is 2.30. The maximum Gasteiger partial charge on any atom is 0.195 e. The molecule has 0 atom stereocenters. The van der Waals surface area contributed by atoms with Crippen LogP contribution in [0.2, 0.25) is 0 Å². The summed E-state index contributed by atoms with van der Waals surface area (Å²) in [6.07, 6.45) is 0. The smallest absolute Gasteiger partial charge is 0.195 e. The molecule has 0 amide bonds. The van der Waals surface area contributed by atoms with Gasteiger partial charge in [-0.2, -0.15) is 0 Å². The topological polar surface area (TPSA) is 30.2 Å². The van der Waals surface area contributed by atoms with Crippen LogP contribution in [0.5, 0.6) is 0 Å². The Kier molecular flexibility index (Phi) is 5.08. The second kappa shape index (κ2) is 8.40. The number of aryl methyl sites for hydroxylation is 1. The average Bonchev–Trinajstić information content (AvgIpc) is 3.29. The molecule has 0 aliphatic heterocycles. The van der Waals surface area contributed by atoms with Crippen LogP contribution in [0.3, 0.4) is 0 Å². The van der Waals surface area contributed by atoms with Gasteiger partial charge in [-0.3, -0.25) is 4.57 Å². The van der Waals surface area contributed by atoms with E-state index in [1.165, 1.54) is 16.7 Å². The van der Waals surface area contributed by atoms with Crippen LogP contribution in [0.1, 0.15) is 11.1 Å². The first kappa shape index (κ1) is 20.6. The van der Waals surface area contributed by atoms with Gasteiger partial charge in [0.1, 0.15) is 0 Å². The predicted molar refractivity (Wildman–Crippen MR) is 143 cm³/mol. The van der Waals surface area contributed by atoms with Crippen molar-refractivity contribution in [2.75, 3.05) is 0 Å². The van der Waals surface area contributed by atoms with E-state index in [1.54, 1.807) is 11.3 Å². The molecule has 0 aliphatic rings. The first-order valence-corrected chi connectivity index (χ1v) is 12.2. The Labute approximate surface area is 202 Å². The Morgan fingerprint density at radius 1 is 0.706 bits per heavy atom. The zero-order valence-corrected chi connectivity index (χ0v) is 19.9. The molecule has 0 fully saturated rings. The largest absolute Gasteiger partial charge is 0.285 e. The number of rotatable bonds is 3. The fraction of sp³-hybridized carbons (Fsp3) is 0.0667. The molecular formula is C30H23N3S. The Morgan fingerprint density at radius 3 is 2.06 bits per heavy atom. The predicted octanol–water partition coefficient (Wildman–Crippen LogP) is 7.76. The highest BCUT2D eigenvalue weighted by atomic mass is 32.1. The number of para-hydroxylation sites is 2. The van der Waals surface area contributed by atoms with Crippen LogP contribution in [0, 0.1) is 13.8 Å². The van der Waals surface area contributed by atoms with Gasteiger partial charge in [-0.15, -0.1) is 11.3 Å². The van der Waals surface area contributed by atoms with Gasteiger partial charge in [0.15, 0.2) is 4.80 Å². The first-order chi connectivity index (χ1) is 16.7. The average molecular weight is 458 g/mol. The molecule has 4 heteroatoms. The van der Waals surface area contributed by atoms with Gasteiger partial charge >= 0.3 is 0 Å². The summed E-state index contributed by atoms with van der Waals surface area (Å²) >= 11 is 1.67. The highest BCUT2D eigenvalue weighted by molar-refractivity contribution is 7.07. The molecule has 2 aromatic heterocycles. The fourth-order valence-electron chi connectivity index (χ4n) is 4.44. The summed E-state index contributed by atoms with van der Waals surface area (Å²) in [7, 11) is 0. The van der Waals surface area contributed by atoms with E-state index >= 15 is 0 Å². The minimum absolute atomic E-state index is 0.939. The molecule has 2 heterocycles. The molecule has 0 unspecified atom stereocenters. The van der Waals surface area contributed by atoms with Crippen molar-refractivity contribution in [2.45, 2.75) is 13.8 Å². The molecule has 0 saturated heterocycles. The number of benzene rings is 4. The summed E-state index contributed by atoms with van der Waals surface area (Å²) in [4.78, 5) is 11.1. The lowest BCUT2D eigenvalue weighted by molar-refractivity contribution is 0.996. The first-order valence-electron chi connectivity index (χ1n) is 11.4. The molecule has 6 rings (SSSR count). The standard InChI is InChI=1S/C30H23N3S/c1-20-11-10-18-27(21(20)2)33-28(22-12-4-3-5-13-22)19-34-30(33)32-29-23-14-6-8-16-25(23)31-26-17-9-7-15-24(26)29/h3-19H,1-2H3. The van der Waals surface area contributed by atoms with Crippen LogP contribution < -0.4 is 4.80 Å². The van der Waals surface area contributed by atoms with Crippen molar-refractivity contribution in [3.63, 3.8) is 0 Å². The molecule has 4 aromatic carbocycles. The van der Waals surface area contributed by atoms with Gasteiger partial charge in [0.2, 0.25) is 0 Å². The van der Waals surface area contributed by atoms with Gasteiger partial charge in [-0.1, -0.05) is 78.9 Å². The number of fused-ring (bicyclic) bond motifs is 2. The second-order valence-corrected chi connectivity index (χ2v) is 9.27. The SMILES string of the molecule is Cc1cccc(-n2c(-c3ccccc3)csc2=Nc2c3ccccc3nc3ccccc23)c1C. The monoisotopic (exact) mass is 457 g/mol. The van der Waals surface area contributed by atoms with Crippen LogP contribution in [0.25, 0.3) is 38.8 Å². The van der Waals surface area contributed by atoms with Gasteiger partial charge in [-0.25, -0.2) is 9.98 Å². The number of hydrogen-bond donors (Lipinski definition) is 0.